The second-order valence-electron chi connectivity index (χ2n) is 1.68. The third-order valence-corrected chi connectivity index (χ3v) is 1.12. The summed E-state index contributed by atoms with van der Waals surface area (Å²) < 4.78 is 0. The molecule has 2 nitrogen and oxygen atoms in total. The van der Waals surface area contributed by atoms with Crippen LogP contribution in [0.5, 0.6) is 0 Å². The first-order valence-corrected chi connectivity index (χ1v) is 2.53. The van der Waals surface area contributed by atoms with E-state index in [1.165, 1.54) is 0 Å². The smallest absolute Gasteiger partial charge is 0.0376 e. The van der Waals surface area contributed by atoms with Crippen LogP contribution < -0.4 is 11.1 Å². The van der Waals surface area contributed by atoms with Crippen LogP contribution in [0.25, 0.3) is 0 Å². The number of rotatable bonds is 1. The predicted octanol–water partition coefficient (Wildman–Crippen LogP) is -0.527. The van der Waals surface area contributed by atoms with Crippen molar-refractivity contribution in [2.45, 2.75) is 6.04 Å². The largest absolute Gasteiger partial charge is 0.329 e. The van der Waals surface area contributed by atoms with Crippen molar-refractivity contribution in [1.29, 1.82) is 0 Å². The highest BCUT2D eigenvalue weighted by Crippen LogP contribution is 1.89. The Morgan fingerprint density at radius 2 is 2.71 bits per heavy atom. The molecule has 3 N–H and O–H groups in total. The zero-order chi connectivity index (χ0) is 5.11. The molecule has 0 aromatic rings. The van der Waals surface area contributed by atoms with E-state index in [4.69, 9.17) is 5.73 Å². The maximum Gasteiger partial charge on any atom is 0.0376 e. The van der Waals surface area contributed by atoms with Gasteiger partial charge in [0.05, 0.1) is 0 Å². The Bertz CT molecular complexity index is 78.1. The van der Waals surface area contributed by atoms with Crippen LogP contribution in [0.2, 0.25) is 0 Å². The summed E-state index contributed by atoms with van der Waals surface area (Å²) in [6.45, 7) is 1.71. The average Bonchev–Trinajstić information content (AvgIpc) is 2.14. The maximum atomic E-state index is 5.32. The van der Waals surface area contributed by atoms with Gasteiger partial charge in [-0.2, -0.15) is 0 Å². The molecule has 1 aliphatic rings. The second kappa shape index (κ2) is 2.09. The van der Waals surface area contributed by atoms with Gasteiger partial charge in [-0.1, -0.05) is 12.2 Å². The summed E-state index contributed by atoms with van der Waals surface area (Å²) in [4.78, 5) is 0. The van der Waals surface area contributed by atoms with Crippen molar-refractivity contribution in [3.8, 4) is 0 Å². The average molecular weight is 98.1 g/mol. The van der Waals surface area contributed by atoms with Crippen LogP contribution >= 0.6 is 0 Å². The van der Waals surface area contributed by atoms with Crippen molar-refractivity contribution in [1.82, 2.24) is 5.32 Å². The summed E-state index contributed by atoms with van der Waals surface area (Å²) in [7, 11) is 0. The maximum absolute atomic E-state index is 5.32. The van der Waals surface area contributed by atoms with E-state index in [9.17, 15) is 0 Å². The molecule has 1 heterocycles. The summed E-state index contributed by atoms with van der Waals surface area (Å²) in [5, 5.41) is 3.17. The standard InChI is InChI=1S/C5H10N2/c6-4-5-2-1-3-7-5/h1-2,5,7H,3-4,6H2. The number of hydrogen-bond acceptors (Lipinski definition) is 2. The quantitative estimate of drug-likeness (QED) is 0.433. The number of hydrogen-bond donors (Lipinski definition) is 2. The first kappa shape index (κ1) is 4.81. The molecular formula is C5H10N2. The van der Waals surface area contributed by atoms with Crippen LogP contribution in [0.4, 0.5) is 0 Å². The lowest BCUT2D eigenvalue weighted by molar-refractivity contribution is 0.677. The van der Waals surface area contributed by atoms with Gasteiger partial charge in [0, 0.05) is 19.1 Å². The van der Waals surface area contributed by atoms with E-state index in [0.29, 0.717) is 6.04 Å². The predicted molar refractivity (Wildman–Crippen MR) is 30.0 cm³/mol. The van der Waals surface area contributed by atoms with Crippen LogP contribution in [-0.2, 0) is 0 Å². The molecule has 0 bridgehead atoms. The lowest BCUT2D eigenvalue weighted by atomic mass is 10.3. The molecule has 0 saturated carbocycles. The zero-order valence-electron chi connectivity index (χ0n) is 4.22. The summed E-state index contributed by atoms with van der Waals surface area (Å²) >= 11 is 0. The van der Waals surface area contributed by atoms with Gasteiger partial charge in [-0.05, 0) is 0 Å². The summed E-state index contributed by atoms with van der Waals surface area (Å²) in [5.74, 6) is 0. The molecule has 1 aliphatic heterocycles. The Balaban J connectivity index is 2.28. The Kier molecular flexibility index (Phi) is 1.44. The van der Waals surface area contributed by atoms with Crippen molar-refractivity contribution in [3.63, 3.8) is 0 Å². The number of nitrogens with one attached hydrogen (secondary N) is 1. The number of nitrogens with two attached hydrogens (primary N) is 1. The van der Waals surface area contributed by atoms with E-state index in [1.807, 2.05) is 0 Å². The van der Waals surface area contributed by atoms with E-state index in [2.05, 4.69) is 17.5 Å². The molecule has 0 aromatic heterocycles. The van der Waals surface area contributed by atoms with E-state index < -0.39 is 0 Å². The summed E-state index contributed by atoms with van der Waals surface area (Å²) in [5.41, 5.74) is 5.32. The lowest BCUT2D eigenvalue weighted by Gasteiger charge is -2.01. The van der Waals surface area contributed by atoms with Crippen molar-refractivity contribution >= 4 is 0 Å². The molecule has 0 saturated heterocycles. The molecule has 0 aliphatic carbocycles. The fourth-order valence-electron chi connectivity index (χ4n) is 0.682. The molecular weight excluding hydrogens is 88.1 g/mol. The molecule has 2 heteroatoms. The first-order chi connectivity index (χ1) is 3.43. The molecule has 40 valence electrons. The summed E-state index contributed by atoms with van der Waals surface area (Å²) in [6, 6.07) is 0.444. The third-order valence-electron chi connectivity index (χ3n) is 1.12. The van der Waals surface area contributed by atoms with Gasteiger partial charge in [0.25, 0.3) is 0 Å². The molecule has 7 heavy (non-hydrogen) atoms. The van der Waals surface area contributed by atoms with E-state index in [0.717, 1.165) is 13.1 Å². The molecule has 0 fully saturated rings. The van der Waals surface area contributed by atoms with Crippen LogP contribution in [-0.4, -0.2) is 19.1 Å². The Hall–Kier alpha value is -0.340. The Morgan fingerprint density at radius 3 is 3.00 bits per heavy atom. The van der Waals surface area contributed by atoms with E-state index in [-0.39, 0.29) is 0 Å². The highest BCUT2D eigenvalue weighted by atomic mass is 14.9. The van der Waals surface area contributed by atoms with Crippen LogP contribution in [0.1, 0.15) is 0 Å². The second-order valence-corrected chi connectivity index (χ2v) is 1.68. The van der Waals surface area contributed by atoms with Crippen molar-refractivity contribution in [2.75, 3.05) is 13.1 Å². The van der Waals surface area contributed by atoms with Gasteiger partial charge >= 0.3 is 0 Å². The molecule has 0 radical (unpaired) electrons. The van der Waals surface area contributed by atoms with Gasteiger partial charge in [0.2, 0.25) is 0 Å². The van der Waals surface area contributed by atoms with Crippen LogP contribution in [0, 0.1) is 0 Å². The van der Waals surface area contributed by atoms with Crippen LogP contribution in [0.3, 0.4) is 0 Å². The van der Waals surface area contributed by atoms with Crippen molar-refractivity contribution < 1.29 is 0 Å². The molecule has 0 spiro atoms. The van der Waals surface area contributed by atoms with Gasteiger partial charge in [-0.25, -0.2) is 0 Å². The van der Waals surface area contributed by atoms with Gasteiger partial charge < -0.3 is 11.1 Å². The third kappa shape index (κ3) is 1.01. The lowest BCUT2D eigenvalue weighted by Crippen LogP contribution is -2.29. The minimum Gasteiger partial charge on any atom is -0.329 e. The topological polar surface area (TPSA) is 38.0 Å². The van der Waals surface area contributed by atoms with E-state index in [1.54, 1.807) is 0 Å². The van der Waals surface area contributed by atoms with Gasteiger partial charge in [-0.15, -0.1) is 0 Å². The Labute approximate surface area is 43.4 Å². The molecule has 1 unspecified atom stereocenters. The molecule has 0 amide bonds. The normalized spacial score (nSPS) is 29.0. The molecule has 1 atom stereocenters. The monoisotopic (exact) mass is 98.1 g/mol. The fraction of sp³-hybridized carbons (Fsp3) is 0.600. The highest BCUT2D eigenvalue weighted by Gasteiger charge is 2.02. The highest BCUT2D eigenvalue weighted by molar-refractivity contribution is 5.02. The fourth-order valence-corrected chi connectivity index (χ4v) is 0.682. The van der Waals surface area contributed by atoms with Gasteiger partial charge in [-0.3, -0.25) is 0 Å². The van der Waals surface area contributed by atoms with Crippen LogP contribution in [0.15, 0.2) is 12.2 Å². The van der Waals surface area contributed by atoms with Gasteiger partial charge in [0.15, 0.2) is 0 Å². The van der Waals surface area contributed by atoms with Crippen molar-refractivity contribution in [2.24, 2.45) is 5.73 Å². The van der Waals surface area contributed by atoms with Crippen molar-refractivity contribution in [3.05, 3.63) is 12.2 Å². The SMILES string of the molecule is NCC1C=CCN1. The van der Waals surface area contributed by atoms with Gasteiger partial charge in [0.1, 0.15) is 0 Å². The molecule has 0 aromatic carbocycles. The summed E-state index contributed by atoms with van der Waals surface area (Å²) in [6.07, 6.45) is 4.19. The van der Waals surface area contributed by atoms with E-state index >= 15 is 0 Å². The first-order valence-electron chi connectivity index (χ1n) is 2.53. The minimum absolute atomic E-state index is 0.444. The molecule has 1 rings (SSSR count). The minimum atomic E-state index is 0.444. The zero-order valence-corrected chi connectivity index (χ0v) is 4.22. The Morgan fingerprint density at radius 1 is 1.86 bits per heavy atom.